The molecule has 3 rings (SSSR count). The van der Waals surface area contributed by atoms with Gasteiger partial charge in [0.05, 0.1) is 0 Å². The maximum absolute atomic E-state index is 11.5. The summed E-state index contributed by atoms with van der Waals surface area (Å²) >= 11 is 0. The third kappa shape index (κ3) is 5.39. The minimum absolute atomic E-state index is 0. The Morgan fingerprint density at radius 1 is 0.633 bits per heavy atom. The zero-order valence-corrected chi connectivity index (χ0v) is 19.9. The summed E-state index contributed by atoms with van der Waals surface area (Å²) in [5.74, 6) is 0. The van der Waals surface area contributed by atoms with E-state index in [9.17, 15) is 33.8 Å². The molecule has 10 heteroatoms. The van der Waals surface area contributed by atoms with E-state index in [-0.39, 0.29) is 35.1 Å². The summed E-state index contributed by atoms with van der Waals surface area (Å²) in [6, 6.07) is 23.9. The molecule has 0 unspecified atom stereocenters. The monoisotopic (exact) mass is 457 g/mol. The van der Waals surface area contributed by atoms with Gasteiger partial charge >= 0.3 is 44.7 Å². The summed E-state index contributed by atoms with van der Waals surface area (Å²) < 4.78 is 23.0. The van der Waals surface area contributed by atoms with Gasteiger partial charge in [0.1, 0.15) is 0 Å². The largest absolute Gasteiger partial charge is 1.00 e. The van der Waals surface area contributed by atoms with Crippen molar-refractivity contribution < 1.29 is 63.4 Å². The van der Waals surface area contributed by atoms with Gasteiger partial charge in [-0.25, -0.2) is 0 Å². The quantitative estimate of drug-likeness (QED) is 0.270. The van der Waals surface area contributed by atoms with Crippen LogP contribution < -0.4 is 29.6 Å². The smallest absolute Gasteiger partial charge is 0.367 e. The Balaban J connectivity index is 0.00000320. The van der Waals surface area contributed by atoms with Crippen LogP contribution in [-0.2, 0) is 15.6 Å². The van der Waals surface area contributed by atoms with E-state index in [1.165, 1.54) is 12.1 Å². The minimum atomic E-state index is -5.49. The molecule has 0 aliphatic carbocycles. The first-order valence-corrected chi connectivity index (χ1v) is 11.8. The molecule has 30 heavy (non-hydrogen) atoms. The molecule has 0 radical (unpaired) electrons. The van der Waals surface area contributed by atoms with Crippen LogP contribution >= 0.6 is 15.2 Å². The zero-order valence-electron chi connectivity index (χ0n) is 16.2. The Hall–Kier alpha value is -1.08. The standard InChI is InChI=1S/C20H20O7P2.Na/c21-20(28(22,23)24,29(25,26)27)14-15-9-11-17(12-10-15)19-8-4-7-18(13-19)16-5-2-1-3-6-16;/h1-13,21H,14H2,(H2,22,23,24)(H2,25,26,27);/q;+1. The van der Waals surface area contributed by atoms with Crippen molar-refractivity contribution in [1.82, 2.24) is 0 Å². The van der Waals surface area contributed by atoms with Crippen molar-refractivity contribution in [3.63, 3.8) is 0 Å². The molecule has 152 valence electrons. The number of hydrogen-bond donors (Lipinski definition) is 5. The number of hydrogen-bond acceptors (Lipinski definition) is 3. The van der Waals surface area contributed by atoms with Crippen molar-refractivity contribution in [1.29, 1.82) is 0 Å². The molecule has 0 aliphatic rings. The van der Waals surface area contributed by atoms with E-state index in [0.717, 1.165) is 22.3 Å². The van der Waals surface area contributed by atoms with Gasteiger partial charge in [0, 0.05) is 6.42 Å². The van der Waals surface area contributed by atoms with Crippen LogP contribution in [0.15, 0.2) is 78.9 Å². The fourth-order valence-electron chi connectivity index (χ4n) is 2.97. The van der Waals surface area contributed by atoms with Crippen LogP contribution in [0.2, 0.25) is 0 Å². The summed E-state index contributed by atoms with van der Waals surface area (Å²) in [4.78, 5) is 37.1. The van der Waals surface area contributed by atoms with Crippen molar-refractivity contribution in [3.05, 3.63) is 84.4 Å². The Kier molecular flexibility index (Phi) is 8.05. The summed E-state index contributed by atoms with van der Waals surface area (Å²) in [5, 5.41) is 6.60. The second kappa shape index (κ2) is 9.60. The molecule has 0 fully saturated rings. The van der Waals surface area contributed by atoms with Crippen LogP contribution in [0.4, 0.5) is 0 Å². The molecule has 0 heterocycles. The van der Waals surface area contributed by atoms with Crippen LogP contribution in [0, 0.1) is 0 Å². The molecule has 7 nitrogen and oxygen atoms in total. The van der Waals surface area contributed by atoms with Gasteiger partial charge in [-0.3, -0.25) is 9.13 Å². The minimum Gasteiger partial charge on any atom is -0.367 e. The van der Waals surface area contributed by atoms with E-state index in [0.29, 0.717) is 0 Å². The van der Waals surface area contributed by atoms with Crippen LogP contribution in [-0.4, -0.2) is 29.8 Å². The number of rotatable bonds is 6. The first-order valence-electron chi connectivity index (χ1n) is 8.60. The summed E-state index contributed by atoms with van der Waals surface area (Å²) in [6.07, 6.45) is -0.883. The topological polar surface area (TPSA) is 135 Å². The SMILES string of the molecule is O=P(O)(O)C(O)(Cc1ccc(-c2cccc(-c3ccccc3)c2)cc1)P(=O)(O)O.[Na+]. The maximum Gasteiger partial charge on any atom is 1.00 e. The Labute approximate surface area is 196 Å². The van der Waals surface area contributed by atoms with Gasteiger partial charge < -0.3 is 24.7 Å². The molecule has 0 saturated carbocycles. The van der Waals surface area contributed by atoms with Crippen LogP contribution in [0.1, 0.15) is 5.56 Å². The average molecular weight is 457 g/mol. The zero-order chi connectivity index (χ0) is 21.3. The molecule has 0 spiro atoms. The fraction of sp³-hybridized carbons (Fsp3) is 0.100. The van der Waals surface area contributed by atoms with Crippen LogP contribution in [0.25, 0.3) is 22.3 Å². The van der Waals surface area contributed by atoms with Crippen LogP contribution in [0.5, 0.6) is 0 Å². The van der Waals surface area contributed by atoms with Crippen molar-refractivity contribution in [2.24, 2.45) is 0 Å². The van der Waals surface area contributed by atoms with Crippen molar-refractivity contribution in [3.8, 4) is 22.3 Å². The van der Waals surface area contributed by atoms with Gasteiger partial charge in [-0.15, -0.1) is 0 Å². The van der Waals surface area contributed by atoms with Crippen LogP contribution in [0.3, 0.4) is 0 Å². The number of aliphatic hydroxyl groups is 1. The van der Waals surface area contributed by atoms with E-state index in [4.69, 9.17) is 0 Å². The number of benzene rings is 3. The van der Waals surface area contributed by atoms with Gasteiger partial charge in [-0.2, -0.15) is 0 Å². The summed E-state index contributed by atoms with van der Waals surface area (Å²) in [7, 11) is -11.0. The molecular formula is C20H20NaO7P2+. The van der Waals surface area contributed by atoms with Gasteiger partial charge in [0.2, 0.25) is 0 Å². The van der Waals surface area contributed by atoms with E-state index in [1.807, 2.05) is 54.6 Å². The fourth-order valence-corrected chi connectivity index (χ4v) is 5.11. The first kappa shape index (κ1) is 25.2. The van der Waals surface area contributed by atoms with Crippen molar-refractivity contribution in [2.45, 2.75) is 11.5 Å². The third-order valence-electron chi connectivity index (χ3n) is 4.63. The Bertz CT molecular complexity index is 1070. The molecule has 5 N–H and O–H groups in total. The Morgan fingerprint density at radius 3 is 1.53 bits per heavy atom. The van der Waals surface area contributed by atoms with E-state index in [2.05, 4.69) is 0 Å². The average Bonchev–Trinajstić information content (AvgIpc) is 2.67. The molecule has 0 atom stereocenters. The van der Waals surface area contributed by atoms with E-state index < -0.39 is 26.7 Å². The second-order valence-corrected chi connectivity index (χ2v) is 10.7. The van der Waals surface area contributed by atoms with E-state index >= 15 is 0 Å². The molecular weight excluding hydrogens is 437 g/mol. The molecule has 0 amide bonds. The normalized spacial score (nSPS) is 12.3. The molecule has 0 bridgehead atoms. The van der Waals surface area contributed by atoms with Gasteiger partial charge in [-0.05, 0) is 33.9 Å². The summed E-state index contributed by atoms with van der Waals surface area (Å²) in [5.41, 5.74) is 3.96. The van der Waals surface area contributed by atoms with Gasteiger partial charge in [0.15, 0.2) is 0 Å². The van der Waals surface area contributed by atoms with Crippen molar-refractivity contribution >= 4 is 15.2 Å². The second-order valence-electron chi connectivity index (χ2n) is 6.68. The molecule has 3 aromatic rings. The molecule has 0 aliphatic heterocycles. The van der Waals surface area contributed by atoms with Gasteiger partial charge in [0.25, 0.3) is 5.08 Å². The predicted molar refractivity (Wildman–Crippen MR) is 110 cm³/mol. The Morgan fingerprint density at radius 2 is 1.07 bits per heavy atom. The first-order chi connectivity index (χ1) is 13.5. The van der Waals surface area contributed by atoms with Gasteiger partial charge in [-0.1, -0.05) is 72.8 Å². The molecule has 0 aromatic heterocycles. The predicted octanol–water partition coefficient (Wildman–Crippen LogP) is 0.569. The molecule has 3 aromatic carbocycles. The maximum atomic E-state index is 11.5. The molecule has 0 saturated heterocycles. The van der Waals surface area contributed by atoms with E-state index in [1.54, 1.807) is 12.1 Å². The third-order valence-corrected chi connectivity index (χ3v) is 8.38. The van der Waals surface area contributed by atoms with Crippen molar-refractivity contribution in [2.75, 3.05) is 0 Å². The summed E-state index contributed by atoms with van der Waals surface area (Å²) in [6.45, 7) is 0.